The Balaban J connectivity index is 1.22. The number of hydrogen-bond donors (Lipinski definition) is 0. The third kappa shape index (κ3) is 4.92. The number of ether oxygens (including phenoxy) is 4. The van der Waals surface area contributed by atoms with Gasteiger partial charge >= 0.3 is 12.1 Å². The van der Waals surface area contributed by atoms with Crippen LogP contribution in [-0.2, 0) is 14.2 Å². The van der Waals surface area contributed by atoms with Gasteiger partial charge in [0.25, 0.3) is 0 Å². The van der Waals surface area contributed by atoms with E-state index in [1.54, 1.807) is 0 Å². The van der Waals surface area contributed by atoms with Gasteiger partial charge in [-0.15, -0.1) is 0 Å². The molecule has 8 heteroatoms. The Hall–Kier alpha value is -2.19. The normalized spacial score (nSPS) is 32.0. The standard InChI is InChI=1S/C27H36FNO6/c1-17(2)27(21-12-18-11-19(14-21)15-22(27)13-18)35-26(31)34-24-16-20(3-4-23(24)28)25(30)33-10-7-29-5-8-32-9-6-29/h3-4,16-19,21-22H,5-15H2,1-2H3. The highest BCUT2D eigenvalue weighted by atomic mass is 19.1. The molecule has 35 heavy (non-hydrogen) atoms. The van der Waals surface area contributed by atoms with Gasteiger partial charge in [-0.25, -0.2) is 14.0 Å². The van der Waals surface area contributed by atoms with Crippen molar-refractivity contribution in [3.05, 3.63) is 29.6 Å². The number of esters is 1. The topological polar surface area (TPSA) is 74.3 Å². The predicted octanol–water partition coefficient (Wildman–Crippen LogP) is 4.68. The van der Waals surface area contributed by atoms with Gasteiger partial charge in [-0.05, 0) is 79.9 Å². The van der Waals surface area contributed by atoms with E-state index in [9.17, 15) is 14.0 Å². The highest BCUT2D eigenvalue weighted by Gasteiger charge is 2.61. The Morgan fingerprint density at radius 3 is 2.37 bits per heavy atom. The zero-order chi connectivity index (χ0) is 24.6. The smallest absolute Gasteiger partial charge is 0.461 e. The van der Waals surface area contributed by atoms with E-state index in [1.807, 2.05) is 0 Å². The molecule has 5 fully saturated rings. The molecule has 1 aromatic rings. The van der Waals surface area contributed by atoms with E-state index in [0.717, 1.165) is 56.7 Å². The highest BCUT2D eigenvalue weighted by molar-refractivity contribution is 5.90. The van der Waals surface area contributed by atoms with Crippen LogP contribution >= 0.6 is 0 Å². The van der Waals surface area contributed by atoms with Gasteiger partial charge < -0.3 is 18.9 Å². The number of halogens is 1. The van der Waals surface area contributed by atoms with Crippen molar-refractivity contribution in [2.75, 3.05) is 39.5 Å². The van der Waals surface area contributed by atoms with E-state index in [0.29, 0.717) is 31.6 Å². The highest BCUT2D eigenvalue weighted by Crippen LogP contribution is 2.61. The number of morpholine rings is 1. The number of carbonyl (C=O) groups is 2. The summed E-state index contributed by atoms with van der Waals surface area (Å²) in [6, 6.07) is 3.66. The second kappa shape index (κ2) is 10.1. The Morgan fingerprint density at radius 1 is 1.09 bits per heavy atom. The summed E-state index contributed by atoms with van der Waals surface area (Å²) in [6.45, 7) is 7.97. The van der Waals surface area contributed by atoms with Crippen LogP contribution in [0.25, 0.3) is 0 Å². The monoisotopic (exact) mass is 489 g/mol. The van der Waals surface area contributed by atoms with Crippen LogP contribution in [0.3, 0.4) is 0 Å². The van der Waals surface area contributed by atoms with Gasteiger partial charge in [0.2, 0.25) is 0 Å². The van der Waals surface area contributed by atoms with Crippen molar-refractivity contribution in [2.45, 2.75) is 51.6 Å². The minimum Gasteiger partial charge on any atom is -0.461 e. The Kier molecular flexibility index (Phi) is 7.04. The lowest BCUT2D eigenvalue weighted by molar-refractivity contribution is -0.201. The number of benzene rings is 1. The quantitative estimate of drug-likeness (QED) is 0.407. The summed E-state index contributed by atoms with van der Waals surface area (Å²) >= 11 is 0. The van der Waals surface area contributed by atoms with Crippen molar-refractivity contribution in [3.63, 3.8) is 0 Å². The molecular formula is C27H36FNO6. The lowest BCUT2D eigenvalue weighted by Gasteiger charge is -2.61. The van der Waals surface area contributed by atoms with Crippen LogP contribution in [0.4, 0.5) is 9.18 Å². The number of hydrogen-bond acceptors (Lipinski definition) is 7. The lowest BCUT2D eigenvalue weighted by Crippen LogP contribution is -2.62. The first-order chi connectivity index (χ1) is 16.8. The Bertz CT molecular complexity index is 916. The summed E-state index contributed by atoms with van der Waals surface area (Å²) in [7, 11) is 0. The zero-order valence-corrected chi connectivity index (χ0v) is 20.7. The first kappa shape index (κ1) is 24.5. The molecule has 0 radical (unpaired) electrons. The van der Waals surface area contributed by atoms with Crippen molar-refractivity contribution < 1.29 is 32.9 Å². The molecule has 0 aromatic heterocycles. The zero-order valence-electron chi connectivity index (χ0n) is 20.7. The van der Waals surface area contributed by atoms with E-state index < -0.39 is 23.5 Å². The first-order valence-corrected chi connectivity index (χ1v) is 13.0. The SMILES string of the molecule is CC(C)C1(OC(=O)Oc2cc(C(=O)OCCN3CCOCC3)ccc2F)C2CC3CC(C2)CC1C3. The minimum absolute atomic E-state index is 0.129. The number of rotatable bonds is 7. The maximum Gasteiger partial charge on any atom is 0.514 e. The van der Waals surface area contributed by atoms with E-state index in [1.165, 1.54) is 18.6 Å². The summed E-state index contributed by atoms with van der Waals surface area (Å²) in [5.41, 5.74) is -0.443. The molecule has 1 heterocycles. The maximum atomic E-state index is 14.5. The minimum atomic E-state index is -0.900. The predicted molar refractivity (Wildman–Crippen MR) is 126 cm³/mol. The fourth-order valence-electron chi connectivity index (χ4n) is 7.29. The molecule has 192 valence electrons. The summed E-state index contributed by atoms with van der Waals surface area (Å²) < 4.78 is 36.6. The number of nitrogens with zero attached hydrogens (tertiary/aromatic N) is 1. The fraction of sp³-hybridized carbons (Fsp3) is 0.704. The van der Waals surface area contributed by atoms with Crippen LogP contribution in [0.2, 0.25) is 0 Å². The molecule has 0 spiro atoms. The Morgan fingerprint density at radius 2 is 1.74 bits per heavy atom. The van der Waals surface area contributed by atoms with Crippen LogP contribution in [0, 0.1) is 35.4 Å². The van der Waals surface area contributed by atoms with Gasteiger partial charge in [-0.1, -0.05) is 13.8 Å². The van der Waals surface area contributed by atoms with E-state index in [2.05, 4.69) is 18.7 Å². The van der Waals surface area contributed by atoms with Gasteiger partial charge in [-0.2, -0.15) is 0 Å². The second-order valence-electron chi connectivity index (χ2n) is 11.0. The van der Waals surface area contributed by atoms with Crippen molar-refractivity contribution >= 4 is 12.1 Å². The Labute approximate surface area is 206 Å². The van der Waals surface area contributed by atoms with E-state index >= 15 is 0 Å². The lowest BCUT2D eigenvalue weighted by atomic mass is 9.47. The van der Waals surface area contributed by atoms with Gasteiger partial charge in [0.15, 0.2) is 11.6 Å². The van der Waals surface area contributed by atoms with Crippen LogP contribution in [0.1, 0.15) is 56.3 Å². The van der Waals surface area contributed by atoms with Crippen molar-refractivity contribution in [1.82, 2.24) is 4.90 Å². The molecule has 6 rings (SSSR count). The molecule has 4 aliphatic carbocycles. The molecule has 5 aliphatic rings. The van der Waals surface area contributed by atoms with E-state index in [4.69, 9.17) is 18.9 Å². The molecule has 0 N–H and O–H groups in total. The molecule has 4 saturated carbocycles. The van der Waals surface area contributed by atoms with Gasteiger partial charge in [0.05, 0.1) is 18.8 Å². The average molecular weight is 490 g/mol. The molecule has 1 aromatic carbocycles. The van der Waals surface area contributed by atoms with Gasteiger partial charge in [-0.3, -0.25) is 4.90 Å². The van der Waals surface area contributed by atoms with Crippen molar-refractivity contribution in [3.8, 4) is 5.75 Å². The first-order valence-electron chi connectivity index (χ1n) is 13.0. The summed E-state index contributed by atoms with van der Waals surface area (Å²) in [5, 5.41) is 0. The van der Waals surface area contributed by atoms with Crippen molar-refractivity contribution in [1.29, 1.82) is 0 Å². The van der Waals surface area contributed by atoms with Crippen molar-refractivity contribution in [2.24, 2.45) is 29.6 Å². The van der Waals surface area contributed by atoms with Gasteiger partial charge in [0, 0.05) is 19.6 Å². The summed E-state index contributed by atoms with van der Waals surface area (Å²) in [4.78, 5) is 27.6. The third-order valence-corrected chi connectivity index (χ3v) is 8.68. The third-order valence-electron chi connectivity index (χ3n) is 8.68. The molecule has 0 unspecified atom stereocenters. The van der Waals surface area contributed by atoms with E-state index in [-0.39, 0.29) is 23.8 Å². The molecule has 0 atom stereocenters. The van der Waals surface area contributed by atoms with Crippen LogP contribution in [-0.4, -0.2) is 62.1 Å². The summed E-state index contributed by atoms with van der Waals surface area (Å²) in [5.74, 6) is 0.613. The second-order valence-corrected chi connectivity index (χ2v) is 11.0. The van der Waals surface area contributed by atoms with Crippen LogP contribution < -0.4 is 4.74 Å². The molecule has 7 nitrogen and oxygen atoms in total. The number of carbonyl (C=O) groups excluding carboxylic acids is 2. The largest absolute Gasteiger partial charge is 0.514 e. The molecule has 4 bridgehead atoms. The van der Waals surface area contributed by atoms with Crippen LogP contribution in [0.5, 0.6) is 5.75 Å². The molecular weight excluding hydrogens is 453 g/mol. The summed E-state index contributed by atoms with van der Waals surface area (Å²) in [6.07, 6.45) is 4.73. The molecule has 0 amide bonds. The van der Waals surface area contributed by atoms with Gasteiger partial charge in [0.1, 0.15) is 12.2 Å². The van der Waals surface area contributed by atoms with Crippen LogP contribution in [0.15, 0.2) is 18.2 Å². The average Bonchev–Trinajstić information content (AvgIpc) is 2.83. The molecule has 1 aliphatic heterocycles. The maximum absolute atomic E-state index is 14.5. The fourth-order valence-corrected chi connectivity index (χ4v) is 7.29. The molecule has 1 saturated heterocycles.